The summed E-state index contributed by atoms with van der Waals surface area (Å²) in [5, 5.41) is 23.4. The number of aryl methyl sites for hydroxylation is 1. The van der Waals surface area contributed by atoms with E-state index in [1.807, 2.05) is 31.2 Å². The third-order valence-electron chi connectivity index (χ3n) is 5.95. The zero-order chi connectivity index (χ0) is 25.1. The summed E-state index contributed by atoms with van der Waals surface area (Å²) in [7, 11) is 0. The monoisotopic (exact) mass is 484 g/mol. The molecule has 1 fully saturated rings. The number of benzene rings is 1. The van der Waals surface area contributed by atoms with Gasteiger partial charge < -0.3 is 24.7 Å². The normalized spacial score (nSPS) is 16.0. The van der Waals surface area contributed by atoms with Gasteiger partial charge in [-0.15, -0.1) is 0 Å². The second-order valence-electron chi connectivity index (χ2n) is 8.40. The zero-order valence-corrected chi connectivity index (χ0v) is 19.6. The molecular formula is C27H24N4O5. The summed E-state index contributed by atoms with van der Waals surface area (Å²) < 4.78 is 11.1. The number of furan rings is 1. The number of ether oxygens (including phenoxy) is 1. The zero-order valence-electron chi connectivity index (χ0n) is 19.6. The van der Waals surface area contributed by atoms with Crippen LogP contribution in [0.4, 0.5) is 17.4 Å². The molecule has 2 aliphatic rings. The number of allylic oxidation sites excluding steroid dienone is 1. The number of aliphatic imine (C=N–C) groups is 1. The van der Waals surface area contributed by atoms with Crippen molar-refractivity contribution >= 4 is 41.2 Å². The van der Waals surface area contributed by atoms with Gasteiger partial charge in [0.2, 0.25) is 5.88 Å². The second-order valence-corrected chi connectivity index (χ2v) is 8.40. The van der Waals surface area contributed by atoms with Crippen LogP contribution >= 0.6 is 0 Å². The van der Waals surface area contributed by atoms with Gasteiger partial charge in [-0.05, 0) is 48.9 Å². The van der Waals surface area contributed by atoms with Crippen LogP contribution in [0.1, 0.15) is 32.8 Å². The van der Waals surface area contributed by atoms with Crippen molar-refractivity contribution in [3.05, 3.63) is 64.5 Å². The van der Waals surface area contributed by atoms with Crippen LogP contribution in [0.25, 0.3) is 11.6 Å². The van der Waals surface area contributed by atoms with Crippen LogP contribution in [-0.4, -0.2) is 65.1 Å². The number of aromatic hydroxyl groups is 1. The molecule has 182 valence electrons. The Bertz CT molecular complexity index is 1440. The number of aromatic carboxylic acids is 1. The van der Waals surface area contributed by atoms with E-state index in [0.29, 0.717) is 23.6 Å². The third-order valence-corrected chi connectivity index (χ3v) is 5.95. The molecule has 3 aromatic rings. The maximum Gasteiger partial charge on any atom is 0.345 e. The number of carboxylic acid groups (broad SMARTS) is 1. The van der Waals surface area contributed by atoms with Crippen LogP contribution in [0.2, 0.25) is 0 Å². The highest BCUT2D eigenvalue weighted by Gasteiger charge is 2.26. The summed E-state index contributed by atoms with van der Waals surface area (Å²) in [5.41, 5.74) is 3.41. The van der Waals surface area contributed by atoms with Gasteiger partial charge in [-0.1, -0.05) is 11.8 Å². The lowest BCUT2D eigenvalue weighted by Crippen LogP contribution is -2.36. The van der Waals surface area contributed by atoms with Gasteiger partial charge in [0.25, 0.3) is 0 Å². The number of carboxylic acids is 1. The van der Waals surface area contributed by atoms with Crippen molar-refractivity contribution in [2.45, 2.75) is 6.92 Å². The van der Waals surface area contributed by atoms with Crippen LogP contribution in [0.5, 0.6) is 5.75 Å². The SMILES string of the molecule is Cc1cc(C#CCN2CCOCC2)ccc1Nc1oc(C=C2C=Nc3ncccc32)c(O)c1C(=O)O. The van der Waals surface area contributed by atoms with E-state index in [9.17, 15) is 15.0 Å². The van der Waals surface area contributed by atoms with E-state index >= 15 is 0 Å². The quantitative estimate of drug-likeness (QED) is 0.464. The number of rotatable bonds is 5. The Hall–Kier alpha value is -4.39. The lowest BCUT2D eigenvalue weighted by atomic mass is 10.1. The van der Waals surface area contributed by atoms with Gasteiger partial charge in [-0.25, -0.2) is 14.8 Å². The highest BCUT2D eigenvalue weighted by molar-refractivity contribution is 6.21. The van der Waals surface area contributed by atoms with E-state index < -0.39 is 11.7 Å². The number of carbonyl (C=O) groups is 1. The second kappa shape index (κ2) is 10.1. The number of anilines is 2. The van der Waals surface area contributed by atoms with Gasteiger partial charge in [-0.2, -0.15) is 0 Å². The summed E-state index contributed by atoms with van der Waals surface area (Å²) in [6.45, 7) is 5.80. The van der Waals surface area contributed by atoms with E-state index in [1.165, 1.54) is 0 Å². The number of nitrogens with one attached hydrogen (secondary N) is 1. The van der Waals surface area contributed by atoms with Gasteiger partial charge >= 0.3 is 5.97 Å². The molecule has 0 amide bonds. The Labute approximate surface area is 207 Å². The molecule has 0 spiro atoms. The van der Waals surface area contributed by atoms with Crippen LogP contribution in [-0.2, 0) is 4.74 Å². The topological polar surface area (TPSA) is 120 Å². The fraction of sp³-hybridized carbons (Fsp3) is 0.222. The molecule has 0 radical (unpaired) electrons. The predicted octanol–water partition coefficient (Wildman–Crippen LogP) is 4.07. The average molecular weight is 485 g/mol. The summed E-state index contributed by atoms with van der Waals surface area (Å²) >= 11 is 0. The molecule has 9 heteroatoms. The lowest BCUT2D eigenvalue weighted by molar-refractivity contribution is 0.0443. The minimum Gasteiger partial charge on any atom is -0.504 e. The van der Waals surface area contributed by atoms with Crippen LogP contribution < -0.4 is 5.32 Å². The fourth-order valence-corrected chi connectivity index (χ4v) is 4.02. The number of pyridine rings is 1. The van der Waals surface area contributed by atoms with E-state index in [1.54, 1.807) is 24.6 Å². The van der Waals surface area contributed by atoms with Crippen molar-refractivity contribution in [2.24, 2.45) is 4.99 Å². The van der Waals surface area contributed by atoms with Crippen molar-refractivity contribution in [1.29, 1.82) is 0 Å². The molecule has 4 heterocycles. The van der Waals surface area contributed by atoms with Crippen LogP contribution in [0.3, 0.4) is 0 Å². The van der Waals surface area contributed by atoms with Crippen molar-refractivity contribution in [2.75, 3.05) is 38.2 Å². The molecule has 5 rings (SSSR count). The minimum absolute atomic E-state index is 0.0105. The highest BCUT2D eigenvalue weighted by Crippen LogP contribution is 2.39. The van der Waals surface area contributed by atoms with E-state index in [0.717, 1.165) is 43.0 Å². The van der Waals surface area contributed by atoms with Crippen molar-refractivity contribution in [1.82, 2.24) is 9.88 Å². The molecule has 2 aromatic heterocycles. The molecule has 0 bridgehead atoms. The highest BCUT2D eigenvalue weighted by atomic mass is 16.5. The summed E-state index contributed by atoms with van der Waals surface area (Å²) in [4.78, 5) is 22.6. The predicted molar refractivity (Wildman–Crippen MR) is 136 cm³/mol. The number of morpholine rings is 1. The number of fused-ring (bicyclic) bond motifs is 1. The Morgan fingerprint density at radius 3 is 2.89 bits per heavy atom. The summed E-state index contributed by atoms with van der Waals surface area (Å²) in [6, 6.07) is 9.20. The maximum atomic E-state index is 11.9. The Balaban J connectivity index is 1.37. The van der Waals surface area contributed by atoms with Crippen molar-refractivity contribution in [3.8, 4) is 17.6 Å². The molecule has 0 saturated carbocycles. The number of aromatic nitrogens is 1. The van der Waals surface area contributed by atoms with Gasteiger partial charge in [0.05, 0.1) is 19.8 Å². The first-order valence-electron chi connectivity index (χ1n) is 11.5. The molecule has 0 aliphatic carbocycles. The Morgan fingerprint density at radius 2 is 2.11 bits per heavy atom. The molecule has 2 aliphatic heterocycles. The molecule has 0 atom stereocenters. The molecule has 0 unspecified atom stereocenters. The Morgan fingerprint density at radius 1 is 1.28 bits per heavy atom. The van der Waals surface area contributed by atoms with E-state index in [-0.39, 0.29) is 17.2 Å². The standard InChI is InChI=1S/C27H24N4O5/c1-17-14-18(4-3-9-31-10-12-35-13-11-31)6-7-21(17)30-26-23(27(33)34)24(32)22(36-26)15-19-16-29-25-20(19)5-2-8-28-25/h2,5-8,14-16,30,32H,9-13H2,1H3,(H,33,34). The van der Waals surface area contributed by atoms with Crippen LogP contribution in [0.15, 0.2) is 45.9 Å². The van der Waals surface area contributed by atoms with Gasteiger partial charge in [-0.3, -0.25) is 4.90 Å². The molecule has 1 aromatic carbocycles. The van der Waals surface area contributed by atoms with Gasteiger partial charge in [0.1, 0.15) is 0 Å². The molecule has 1 saturated heterocycles. The average Bonchev–Trinajstić information content (AvgIpc) is 3.42. The molecule has 36 heavy (non-hydrogen) atoms. The van der Waals surface area contributed by atoms with E-state index in [2.05, 4.69) is 32.0 Å². The number of hydrogen-bond donors (Lipinski definition) is 3. The largest absolute Gasteiger partial charge is 0.504 e. The van der Waals surface area contributed by atoms with Gasteiger partial charge in [0.15, 0.2) is 22.9 Å². The summed E-state index contributed by atoms with van der Waals surface area (Å²) in [6.07, 6.45) is 4.78. The third kappa shape index (κ3) is 4.86. The molecular weight excluding hydrogens is 460 g/mol. The minimum atomic E-state index is -1.31. The van der Waals surface area contributed by atoms with Crippen molar-refractivity contribution in [3.63, 3.8) is 0 Å². The van der Waals surface area contributed by atoms with Crippen molar-refractivity contribution < 1.29 is 24.2 Å². The first kappa shape index (κ1) is 23.4. The number of hydrogen-bond acceptors (Lipinski definition) is 8. The Kier molecular flexibility index (Phi) is 6.54. The van der Waals surface area contributed by atoms with Gasteiger partial charge in [0, 0.05) is 47.9 Å². The fourth-order valence-electron chi connectivity index (χ4n) is 4.02. The smallest absolute Gasteiger partial charge is 0.345 e. The summed E-state index contributed by atoms with van der Waals surface area (Å²) in [5.74, 6) is 5.08. The maximum absolute atomic E-state index is 11.9. The number of nitrogens with zero attached hydrogens (tertiary/aromatic N) is 3. The molecule has 9 nitrogen and oxygen atoms in total. The lowest BCUT2D eigenvalue weighted by Gasteiger charge is -2.24. The van der Waals surface area contributed by atoms with Crippen LogP contribution in [0, 0.1) is 18.8 Å². The van der Waals surface area contributed by atoms with E-state index in [4.69, 9.17) is 9.15 Å². The molecule has 3 N–H and O–H groups in total. The first-order valence-corrected chi connectivity index (χ1v) is 11.5. The first-order chi connectivity index (χ1) is 17.5.